The molecule has 10 nitrogen and oxygen atoms in total. The minimum Gasteiger partial charge on any atom is -0.809 e. The zero-order valence-electron chi connectivity index (χ0n) is 34.3. The van der Waals surface area contributed by atoms with Crippen LogP contribution in [0.5, 0.6) is 0 Å². The third-order valence-corrected chi connectivity index (χ3v) is 10.5. The summed E-state index contributed by atoms with van der Waals surface area (Å²) in [7, 11) is -5.64. The Bertz CT molecular complexity index is 905. The molecule has 0 saturated heterocycles. The van der Waals surface area contributed by atoms with Gasteiger partial charge in [0, 0.05) is 12.8 Å². The normalized spacial score (nSPS) is 13.9. The Balaban J connectivity index is -0.0000125. The van der Waals surface area contributed by atoms with Crippen LogP contribution in [0.3, 0.4) is 0 Å². The van der Waals surface area contributed by atoms with Gasteiger partial charge in [0.1, 0.15) is 11.9 Å². The summed E-state index contributed by atoms with van der Waals surface area (Å²) in [5, 5.41) is 29.3. The molecule has 0 amide bonds. The van der Waals surface area contributed by atoms with Crippen LogP contribution in [0.2, 0.25) is 0 Å². The van der Waals surface area contributed by atoms with Gasteiger partial charge in [0.25, 0.3) is 0 Å². The maximum Gasteiger partial charge on any atom is 1.00 e. The first-order valence-electron chi connectivity index (χ1n) is 20.6. The summed E-state index contributed by atoms with van der Waals surface area (Å²) >= 11 is 0. The molecule has 0 heterocycles. The Morgan fingerprint density at radius 2 is 0.981 bits per heavy atom. The standard InChI is InChI=1S/C40H77O10P.2Na/c1-3-5-7-9-11-13-15-17-18-20-22-24-26-28-30-32-38(45)49-37(34-42)39(50-40(36(44)33-41)51(46,47)48)35(43)31-29-27-25-23-21-19-16-14-12-10-8-6-4-2;;/h17-18,36-37,39-42,44H,3-16,19-34H2,1-2H3,(H2,46,47,48);;/q;2*+1/p-2/b18-17-;;/t36?,37-,39?,40?;;/m0../s1. The molecule has 0 spiro atoms. The van der Waals surface area contributed by atoms with Gasteiger partial charge in [-0.15, -0.1) is 0 Å². The van der Waals surface area contributed by atoms with E-state index in [4.69, 9.17) is 9.47 Å². The fourth-order valence-electron chi connectivity index (χ4n) is 6.21. The van der Waals surface area contributed by atoms with Gasteiger partial charge in [0.05, 0.1) is 13.2 Å². The van der Waals surface area contributed by atoms with Gasteiger partial charge in [0.2, 0.25) is 0 Å². The van der Waals surface area contributed by atoms with E-state index >= 15 is 0 Å². The van der Waals surface area contributed by atoms with Crippen LogP contribution >= 0.6 is 7.60 Å². The number of carbonyl (C=O) groups is 2. The van der Waals surface area contributed by atoms with Crippen LogP contribution in [-0.2, 0) is 23.6 Å². The molecule has 302 valence electrons. The second kappa shape index (κ2) is 41.0. The number of aliphatic hydroxyl groups is 3. The van der Waals surface area contributed by atoms with Crippen molar-refractivity contribution < 1.29 is 108 Å². The maximum absolute atomic E-state index is 13.2. The quantitative estimate of drug-likeness (QED) is 0.0276. The molecule has 0 aliphatic rings. The Kier molecular flexibility index (Phi) is 45.1. The van der Waals surface area contributed by atoms with E-state index in [9.17, 15) is 39.3 Å². The van der Waals surface area contributed by atoms with Gasteiger partial charge in [0.15, 0.2) is 18.0 Å². The maximum atomic E-state index is 13.2. The van der Waals surface area contributed by atoms with E-state index in [1.807, 2.05) is 0 Å². The van der Waals surface area contributed by atoms with Crippen LogP contribution in [0.15, 0.2) is 12.2 Å². The number of hydrogen-bond acceptors (Lipinski definition) is 10. The predicted molar refractivity (Wildman–Crippen MR) is 201 cm³/mol. The molecule has 0 aromatic rings. The van der Waals surface area contributed by atoms with Crippen LogP contribution < -0.4 is 68.9 Å². The summed E-state index contributed by atoms with van der Waals surface area (Å²) in [6.07, 6.45) is 27.9. The van der Waals surface area contributed by atoms with Crippen LogP contribution in [-0.4, -0.2) is 64.4 Å². The van der Waals surface area contributed by atoms with Crippen molar-refractivity contribution in [1.29, 1.82) is 0 Å². The predicted octanol–water partition coefficient (Wildman–Crippen LogP) is 1.96. The minimum absolute atomic E-state index is 0. The van der Waals surface area contributed by atoms with Crippen molar-refractivity contribution in [2.24, 2.45) is 0 Å². The van der Waals surface area contributed by atoms with Gasteiger partial charge < -0.3 is 39.1 Å². The van der Waals surface area contributed by atoms with Crippen molar-refractivity contribution >= 4 is 19.3 Å². The molecule has 0 bridgehead atoms. The number of carbonyl (C=O) groups excluding carboxylic acids is 2. The average Bonchev–Trinajstić information content (AvgIpc) is 3.10. The number of ketones is 1. The number of Topliss-reactive ketones (excluding diaryl/α,β-unsaturated/α-hetero) is 1. The number of allylic oxidation sites excluding steroid dienone is 2. The van der Waals surface area contributed by atoms with E-state index in [1.54, 1.807) is 0 Å². The fourth-order valence-corrected chi connectivity index (χ4v) is 7.01. The Labute approximate surface area is 367 Å². The first kappa shape index (κ1) is 58.2. The number of esters is 1. The smallest absolute Gasteiger partial charge is 0.809 e. The second-order valence-electron chi connectivity index (χ2n) is 14.2. The molecule has 3 N–H and O–H groups in total. The van der Waals surface area contributed by atoms with Crippen molar-refractivity contribution in [2.75, 3.05) is 13.2 Å². The molecule has 0 aromatic heterocycles. The molecule has 0 aliphatic carbocycles. The molecule has 0 rings (SSSR count). The average molecular weight is 793 g/mol. The van der Waals surface area contributed by atoms with Gasteiger partial charge in [-0.2, -0.15) is 0 Å². The first-order chi connectivity index (χ1) is 24.6. The summed E-state index contributed by atoms with van der Waals surface area (Å²) in [6.45, 7) is 2.49. The van der Waals surface area contributed by atoms with E-state index < -0.39 is 56.7 Å². The molecule has 0 fully saturated rings. The van der Waals surface area contributed by atoms with Gasteiger partial charge >= 0.3 is 65.1 Å². The fraction of sp³-hybridized carbons (Fsp3) is 0.900. The molecule has 0 radical (unpaired) electrons. The van der Waals surface area contributed by atoms with Crippen molar-refractivity contribution in [3.8, 4) is 0 Å². The molecule has 13 heteroatoms. The van der Waals surface area contributed by atoms with E-state index in [-0.39, 0.29) is 72.0 Å². The van der Waals surface area contributed by atoms with E-state index in [0.717, 1.165) is 64.2 Å². The Morgan fingerprint density at radius 3 is 1.36 bits per heavy atom. The molecule has 4 atom stereocenters. The third-order valence-electron chi connectivity index (χ3n) is 9.40. The van der Waals surface area contributed by atoms with E-state index in [2.05, 4.69) is 26.0 Å². The largest absolute Gasteiger partial charge is 1.00 e. The third kappa shape index (κ3) is 34.6. The minimum atomic E-state index is -5.64. The number of ether oxygens (including phenoxy) is 2. The number of unbranched alkanes of at least 4 members (excludes halogenated alkanes) is 23. The second-order valence-corrected chi connectivity index (χ2v) is 15.8. The molecular formula is C40H75Na2O10P. The number of aliphatic hydroxyl groups excluding tert-OH is 3. The molecule has 53 heavy (non-hydrogen) atoms. The molecule has 0 aliphatic heterocycles. The summed E-state index contributed by atoms with van der Waals surface area (Å²) in [5.41, 5.74) is 0. The zero-order chi connectivity index (χ0) is 38.0. The van der Waals surface area contributed by atoms with Gasteiger partial charge in [-0.3, -0.25) is 9.59 Å². The van der Waals surface area contributed by atoms with Crippen molar-refractivity contribution in [3.63, 3.8) is 0 Å². The summed E-state index contributed by atoms with van der Waals surface area (Å²) in [5.74, 6) is -3.77. The van der Waals surface area contributed by atoms with Crippen LogP contribution in [0.4, 0.5) is 0 Å². The van der Waals surface area contributed by atoms with Gasteiger partial charge in [-0.1, -0.05) is 154 Å². The van der Waals surface area contributed by atoms with Crippen LogP contribution in [0, 0.1) is 0 Å². The number of hydrogen-bond donors (Lipinski definition) is 3. The molecular weight excluding hydrogens is 717 g/mol. The van der Waals surface area contributed by atoms with Crippen molar-refractivity contribution in [2.45, 2.75) is 218 Å². The summed E-state index contributed by atoms with van der Waals surface area (Å²) in [6, 6.07) is 0. The molecule has 3 unspecified atom stereocenters. The van der Waals surface area contributed by atoms with Crippen molar-refractivity contribution in [1.82, 2.24) is 0 Å². The molecule has 0 saturated carbocycles. The molecule has 0 aromatic carbocycles. The Hall–Kier alpha value is 0.870. The van der Waals surface area contributed by atoms with Crippen molar-refractivity contribution in [3.05, 3.63) is 12.2 Å². The summed E-state index contributed by atoms with van der Waals surface area (Å²) in [4.78, 5) is 49.6. The van der Waals surface area contributed by atoms with Crippen LogP contribution in [0.25, 0.3) is 0 Å². The van der Waals surface area contributed by atoms with Gasteiger partial charge in [-0.25, -0.2) is 0 Å². The number of rotatable bonds is 38. The summed E-state index contributed by atoms with van der Waals surface area (Å²) < 4.78 is 22.5. The first-order valence-corrected chi connectivity index (χ1v) is 22.2. The Morgan fingerprint density at radius 1 is 0.604 bits per heavy atom. The SMILES string of the molecule is CCCCCCCC/C=C\CCCCCCCC(=O)O[C@@H](CO)C(OC(C(O)CO)P(=O)([O-])[O-])C(=O)CCCCCCCCCCCCCCC.[Na+].[Na+]. The van der Waals surface area contributed by atoms with Crippen LogP contribution in [0.1, 0.15) is 194 Å². The topological polar surface area (TPSA) is 176 Å². The van der Waals surface area contributed by atoms with E-state index in [1.165, 1.54) is 89.9 Å². The zero-order valence-corrected chi connectivity index (χ0v) is 39.2. The monoisotopic (exact) mass is 792 g/mol. The van der Waals surface area contributed by atoms with E-state index in [0.29, 0.717) is 12.8 Å². The van der Waals surface area contributed by atoms with Gasteiger partial charge in [-0.05, 0) is 46.1 Å².